The topological polar surface area (TPSA) is 157 Å². The molecule has 0 bridgehead atoms. The van der Waals surface area contributed by atoms with E-state index in [1.165, 1.54) is 117 Å². The van der Waals surface area contributed by atoms with Crippen molar-refractivity contribution in [3.8, 4) is 66.8 Å². The number of hydrogen-bond donors (Lipinski definition) is 0. The summed E-state index contributed by atoms with van der Waals surface area (Å²) in [6.45, 7) is 62.6. The summed E-state index contributed by atoms with van der Waals surface area (Å²) in [5.74, 6) is 7.10. The minimum absolute atomic E-state index is 0. The summed E-state index contributed by atoms with van der Waals surface area (Å²) in [6.07, 6.45) is 14.9. The van der Waals surface area contributed by atoms with Crippen molar-refractivity contribution in [2.24, 2.45) is 20.0 Å². The zero-order valence-electron chi connectivity index (χ0n) is 87.1. The zero-order valence-corrected chi connectivity index (χ0v) is 93.0. The molecule has 0 saturated carbocycles. The van der Waals surface area contributed by atoms with Gasteiger partial charge in [0.1, 0.15) is 0 Å². The van der Waals surface area contributed by atoms with E-state index in [0.29, 0.717) is 104 Å². The third kappa shape index (κ3) is 25.5. The average molecular weight is 1930 g/mol. The molecule has 0 amide bonds. The van der Waals surface area contributed by atoms with E-state index in [1.54, 1.807) is 0 Å². The Hall–Kier alpha value is -12.1. The smallest absolute Gasteiger partial charge is 0.443 e. The van der Waals surface area contributed by atoms with Crippen molar-refractivity contribution < 1.29 is 39.0 Å². The Balaban J connectivity index is 0.000000176. The van der Waals surface area contributed by atoms with Crippen LogP contribution in [-0.2, 0) is 49.8 Å². The van der Waals surface area contributed by atoms with Gasteiger partial charge in [-0.05, 0) is 270 Å². The Labute approximate surface area is 847 Å². The second kappa shape index (κ2) is 47.1. The van der Waals surface area contributed by atoms with E-state index in [4.69, 9.17) is 25.0 Å². The molecule has 8 heterocycles. The Bertz CT molecular complexity index is 6840. The Kier molecular flexibility index (Phi) is 36.3. The number of rotatable bonds is 20. The Morgan fingerprint density at radius 3 is 0.891 bits per heavy atom. The molecule has 138 heavy (non-hydrogen) atoms. The molecule has 16 aromatic rings. The molecule has 0 aliphatic heterocycles. The standard InChI is InChI=1S/2C34H40N3.C30H34N3.C26H26N3.2Zn/c2*1-21(2)27-11-9-12-28(22(3)4)33(27)25-15-17-35-31(19-25)37-32-20-26(16-18-36-32)34-29(23(5)6)13-10-14-30(34)24(7)8;1-19(2)24-9-8-10-25(20(3)4)28(24)22-11-12-26-21(17-22)13-15-32-29(26)33-27-18-23(14-16-31-27)30(5,6)7;1-17-9-8-10-18(2)23(17)24-21-12-7-6-11-19(21)16-28-25(24)29-22-15-20(13-14-27-22)26(3,4)5;;/h2*9-24H,1-8H3;8-20H,1-7H3;6-16H,1-5H3;;/q4*-1;2*+2. The van der Waals surface area contributed by atoms with E-state index in [0.717, 1.165) is 49.4 Å². The van der Waals surface area contributed by atoms with Gasteiger partial charge in [0.15, 0.2) is 0 Å². The molecular weight excluding hydrogens is 1790 g/mol. The molecule has 0 fully saturated rings. The SMILES string of the molecule is CC(C)c1cccc(C(C)C)c1-c1ccc2c(N=c3cc(C(C)(C)C)cc[n-]3)nccc2c1.CC(C)c1cccc(C(C)C)c1-c1ccnc(N=c2cc(-c3c(C(C)C)cccc3C(C)C)cc[n-]2)c1.CC(C)c1cccc(C(C)C)c1-c1ccnc(N=c2cc(-c3c(C(C)C)cccc3C(C)C)cc[n-]2)c1.Cc1cccc(C)c1-c1c(N=c2cc(C(C)(C)C)cc[n-]2)ncc2ccccc12.[Zn+2].[Zn+2]. The zero-order chi connectivity index (χ0) is 97.7. The van der Waals surface area contributed by atoms with Crippen LogP contribution in [0.5, 0.6) is 0 Å². The van der Waals surface area contributed by atoms with Crippen molar-refractivity contribution in [2.75, 3.05) is 0 Å². The van der Waals surface area contributed by atoms with Crippen molar-refractivity contribution >= 4 is 44.8 Å². The van der Waals surface area contributed by atoms with Gasteiger partial charge in [-0.1, -0.05) is 421 Å². The molecule has 0 N–H and O–H groups in total. The van der Waals surface area contributed by atoms with Crippen LogP contribution in [0.25, 0.3) is 88.3 Å². The first-order chi connectivity index (χ1) is 64.8. The number of benzene rings is 8. The number of nitrogens with zero attached hydrogens (tertiary/aromatic N) is 12. The van der Waals surface area contributed by atoms with Crippen LogP contribution in [0.4, 0.5) is 23.3 Å². The van der Waals surface area contributed by atoms with E-state index in [9.17, 15) is 0 Å². The van der Waals surface area contributed by atoms with Gasteiger partial charge in [-0.15, -0.1) is 0 Å². The molecule has 12 nitrogen and oxygen atoms in total. The molecule has 16 rings (SSSR count). The summed E-state index contributed by atoms with van der Waals surface area (Å²) in [6, 6.07) is 81.9. The van der Waals surface area contributed by atoms with Gasteiger partial charge < -0.3 is 39.9 Å². The summed E-state index contributed by atoms with van der Waals surface area (Å²) in [5.41, 5.74) is 36.1. The van der Waals surface area contributed by atoms with Gasteiger partial charge in [-0.25, -0.2) is 0 Å². The van der Waals surface area contributed by atoms with Crippen molar-refractivity contribution in [3.63, 3.8) is 0 Å². The quantitative estimate of drug-likeness (QED) is 0.0682. The van der Waals surface area contributed by atoms with Crippen molar-refractivity contribution in [1.29, 1.82) is 0 Å². The van der Waals surface area contributed by atoms with Crippen LogP contribution in [-0.4, -0.2) is 19.9 Å². The molecule has 0 aliphatic carbocycles. The minimum atomic E-state index is 0. The van der Waals surface area contributed by atoms with Crippen LogP contribution in [0.3, 0.4) is 0 Å². The minimum Gasteiger partial charge on any atom is -0.443 e. The molecule has 0 atom stereocenters. The normalized spacial score (nSPS) is 12.3. The van der Waals surface area contributed by atoms with E-state index in [1.807, 2.05) is 55.6 Å². The predicted molar refractivity (Wildman–Crippen MR) is 572 cm³/mol. The fraction of sp³-hybridized carbons (Fsp3) is 0.323. The maximum atomic E-state index is 4.90. The van der Waals surface area contributed by atoms with Crippen molar-refractivity contribution in [2.45, 2.75) is 264 Å². The number of aryl methyl sites for hydroxylation is 2. The molecule has 0 aliphatic rings. The number of aromatic nitrogens is 8. The van der Waals surface area contributed by atoms with E-state index in [-0.39, 0.29) is 49.8 Å². The second-order valence-electron chi connectivity index (χ2n) is 41.3. The predicted octanol–water partition coefficient (Wildman–Crippen LogP) is 31.8. The average Bonchev–Trinajstić information content (AvgIpc) is 0.750. The molecule has 0 radical (unpaired) electrons. The van der Waals surface area contributed by atoms with Crippen LogP contribution >= 0.6 is 0 Å². The molecule has 0 saturated heterocycles. The Morgan fingerprint density at radius 2 is 0.543 bits per heavy atom. The monoisotopic (exact) mass is 1920 g/mol. The fourth-order valence-electron chi connectivity index (χ4n) is 18.4. The summed E-state index contributed by atoms with van der Waals surface area (Å²) < 4.78 is 0. The van der Waals surface area contributed by atoms with Gasteiger partial charge in [-0.3, -0.25) is 19.9 Å². The maximum Gasteiger partial charge on any atom is 2.00 e. The first-order valence-electron chi connectivity index (χ1n) is 49.0. The molecule has 8 aromatic carbocycles. The van der Waals surface area contributed by atoms with E-state index < -0.39 is 0 Å². The summed E-state index contributed by atoms with van der Waals surface area (Å²) >= 11 is 0. The van der Waals surface area contributed by atoms with Gasteiger partial charge in [0.2, 0.25) is 0 Å². The van der Waals surface area contributed by atoms with Crippen molar-refractivity contribution in [1.82, 2.24) is 39.9 Å². The molecule has 700 valence electrons. The van der Waals surface area contributed by atoms with Gasteiger partial charge in [0.05, 0.1) is 23.3 Å². The number of pyridine rings is 8. The van der Waals surface area contributed by atoms with Gasteiger partial charge >= 0.3 is 39.0 Å². The molecule has 0 spiro atoms. The van der Waals surface area contributed by atoms with Crippen LogP contribution in [0.15, 0.2) is 300 Å². The summed E-state index contributed by atoms with van der Waals surface area (Å²) in [7, 11) is 0. The van der Waals surface area contributed by atoms with Crippen LogP contribution in [0.2, 0.25) is 0 Å². The van der Waals surface area contributed by atoms with E-state index >= 15 is 0 Å². The number of hydrogen-bond acceptors (Lipinski definition) is 8. The van der Waals surface area contributed by atoms with Gasteiger partial charge in [0, 0.05) is 41.1 Å². The maximum absolute atomic E-state index is 4.90. The van der Waals surface area contributed by atoms with Crippen LogP contribution in [0, 0.1) is 13.8 Å². The molecule has 0 unspecified atom stereocenters. The third-order valence-electron chi connectivity index (χ3n) is 25.7. The van der Waals surface area contributed by atoms with Crippen LogP contribution < -0.4 is 41.9 Å². The fourth-order valence-corrected chi connectivity index (χ4v) is 18.4. The summed E-state index contributed by atoms with van der Waals surface area (Å²) in [5, 5.41) is 4.45. The Morgan fingerprint density at radius 1 is 0.239 bits per heavy atom. The van der Waals surface area contributed by atoms with Gasteiger partial charge in [-0.2, -0.15) is 0 Å². The van der Waals surface area contributed by atoms with Crippen LogP contribution in [0.1, 0.15) is 317 Å². The van der Waals surface area contributed by atoms with Gasteiger partial charge in [0.25, 0.3) is 0 Å². The number of fused-ring (bicyclic) bond motifs is 2. The molecule has 8 aromatic heterocycles. The first-order valence-corrected chi connectivity index (χ1v) is 49.0. The second-order valence-corrected chi connectivity index (χ2v) is 41.3. The summed E-state index contributed by atoms with van der Waals surface area (Å²) in [4.78, 5) is 56.2. The first kappa shape index (κ1) is 106. The van der Waals surface area contributed by atoms with Crippen molar-refractivity contribution in [3.05, 3.63) is 380 Å². The van der Waals surface area contributed by atoms with E-state index in [2.05, 4.69) is 453 Å². The largest absolute Gasteiger partial charge is 2.00 e. The third-order valence-corrected chi connectivity index (χ3v) is 25.7. The molecular formula is C124H140N12Zn2. The molecule has 14 heteroatoms.